The van der Waals surface area contributed by atoms with E-state index in [1.165, 1.54) is 0 Å². The minimum atomic E-state index is -1.33. The highest BCUT2D eigenvalue weighted by molar-refractivity contribution is 6.43. The van der Waals surface area contributed by atoms with Gasteiger partial charge in [-0.2, -0.15) is 0 Å². The van der Waals surface area contributed by atoms with Gasteiger partial charge in [-0.3, -0.25) is 14.6 Å². The maximum Gasteiger partial charge on any atom is 0.342 e. The standard InChI is InChI=1S/C34H28N4O4/c1-42-27-17-18-29-28(21-27)24(22-36-29)19-20-35-31(23-11-5-2-6-12-23)30-32(39)37(25-13-7-3-8-14-25)34(41)38(33(30)40)26-15-9-4-10-16-26/h2-18,21-22,30,36H,19-20H2,1H3. The number of carbonyl (C=O) groups excluding carboxylic acids is 3. The molecule has 4 amide bonds. The zero-order valence-corrected chi connectivity index (χ0v) is 22.9. The molecule has 8 heteroatoms. The number of amides is 4. The molecule has 0 unspecified atom stereocenters. The van der Waals surface area contributed by atoms with E-state index in [4.69, 9.17) is 9.73 Å². The SMILES string of the molecule is COc1ccc2[nH]cc(CCN=C(c3ccccc3)C3C(=O)N(c4ccccc4)C(=O)N(c4ccccc4)C3=O)c2c1. The van der Waals surface area contributed by atoms with Crippen LogP contribution in [0.2, 0.25) is 0 Å². The number of hydrogen-bond acceptors (Lipinski definition) is 5. The highest BCUT2D eigenvalue weighted by Crippen LogP contribution is 2.31. The van der Waals surface area contributed by atoms with Gasteiger partial charge in [-0.15, -0.1) is 0 Å². The number of anilines is 2. The van der Waals surface area contributed by atoms with Crippen LogP contribution in [0.3, 0.4) is 0 Å². The third-order valence-electron chi connectivity index (χ3n) is 7.33. The molecule has 0 aliphatic carbocycles. The minimum Gasteiger partial charge on any atom is -0.497 e. The lowest BCUT2D eigenvalue weighted by atomic mass is 9.91. The second kappa shape index (κ2) is 11.5. The number of rotatable bonds is 8. The maximum atomic E-state index is 14.1. The van der Waals surface area contributed by atoms with E-state index in [2.05, 4.69) is 4.98 Å². The Balaban J connectivity index is 1.42. The van der Waals surface area contributed by atoms with E-state index in [-0.39, 0.29) is 0 Å². The lowest BCUT2D eigenvalue weighted by Crippen LogP contribution is -2.62. The number of methoxy groups -OCH3 is 1. The molecule has 0 saturated carbocycles. The van der Waals surface area contributed by atoms with Gasteiger partial charge in [0, 0.05) is 23.6 Å². The van der Waals surface area contributed by atoms with Gasteiger partial charge >= 0.3 is 6.03 Å². The fourth-order valence-electron chi connectivity index (χ4n) is 5.26. The van der Waals surface area contributed by atoms with E-state index in [0.717, 1.165) is 32.0 Å². The number of nitrogens with one attached hydrogen (secondary N) is 1. The van der Waals surface area contributed by atoms with Crippen molar-refractivity contribution in [1.29, 1.82) is 0 Å². The maximum absolute atomic E-state index is 14.1. The van der Waals surface area contributed by atoms with Crippen molar-refractivity contribution >= 4 is 45.8 Å². The molecule has 0 bridgehead atoms. The number of ether oxygens (including phenoxy) is 1. The molecular weight excluding hydrogens is 528 g/mol. The summed E-state index contributed by atoms with van der Waals surface area (Å²) in [6, 6.07) is 31.6. The molecule has 0 spiro atoms. The molecule has 8 nitrogen and oxygen atoms in total. The third-order valence-corrected chi connectivity index (χ3v) is 7.33. The van der Waals surface area contributed by atoms with Gasteiger partial charge in [0.25, 0.3) is 11.8 Å². The molecule has 5 aromatic rings. The monoisotopic (exact) mass is 556 g/mol. The lowest BCUT2D eigenvalue weighted by molar-refractivity contribution is -0.129. The van der Waals surface area contributed by atoms with Gasteiger partial charge in [-0.1, -0.05) is 66.7 Å². The van der Waals surface area contributed by atoms with Crippen LogP contribution in [0.1, 0.15) is 11.1 Å². The molecule has 1 aliphatic heterocycles. The Morgan fingerprint density at radius 3 is 1.93 bits per heavy atom. The number of nitrogens with zero attached hydrogens (tertiary/aromatic N) is 3. The van der Waals surface area contributed by atoms with Crippen LogP contribution in [0.25, 0.3) is 10.9 Å². The molecule has 1 N–H and O–H groups in total. The van der Waals surface area contributed by atoms with Gasteiger partial charge in [0.15, 0.2) is 5.92 Å². The Kier molecular flexibility index (Phi) is 7.34. The van der Waals surface area contributed by atoms with Crippen molar-refractivity contribution in [2.24, 2.45) is 10.9 Å². The van der Waals surface area contributed by atoms with Crippen LogP contribution in [0.5, 0.6) is 5.75 Å². The van der Waals surface area contributed by atoms with Gasteiger partial charge < -0.3 is 9.72 Å². The van der Waals surface area contributed by atoms with Crippen molar-refractivity contribution in [3.63, 3.8) is 0 Å². The van der Waals surface area contributed by atoms with E-state index in [1.807, 2.05) is 54.7 Å². The number of H-pyrrole nitrogens is 1. The van der Waals surface area contributed by atoms with Gasteiger partial charge in [0.1, 0.15) is 5.75 Å². The number of aromatic nitrogens is 1. The highest BCUT2D eigenvalue weighted by Gasteiger charge is 2.49. The zero-order chi connectivity index (χ0) is 29.1. The summed E-state index contributed by atoms with van der Waals surface area (Å²) in [6.45, 7) is 0.316. The van der Waals surface area contributed by atoms with E-state index in [9.17, 15) is 14.4 Å². The van der Waals surface area contributed by atoms with E-state index < -0.39 is 23.8 Å². The molecule has 1 aliphatic rings. The smallest absolute Gasteiger partial charge is 0.342 e. The predicted molar refractivity (Wildman–Crippen MR) is 163 cm³/mol. The number of barbiturate groups is 1. The summed E-state index contributed by atoms with van der Waals surface area (Å²) >= 11 is 0. The lowest BCUT2D eigenvalue weighted by Gasteiger charge is -2.37. The Bertz CT molecular complexity index is 1720. The van der Waals surface area contributed by atoms with E-state index in [0.29, 0.717) is 35.6 Å². The fourth-order valence-corrected chi connectivity index (χ4v) is 5.26. The first kappa shape index (κ1) is 26.7. The van der Waals surface area contributed by atoms with Crippen LogP contribution >= 0.6 is 0 Å². The molecule has 4 aromatic carbocycles. The Morgan fingerprint density at radius 2 is 1.36 bits per heavy atom. The first-order chi connectivity index (χ1) is 20.6. The average Bonchev–Trinajstić information content (AvgIpc) is 3.43. The molecule has 0 radical (unpaired) electrons. The summed E-state index contributed by atoms with van der Waals surface area (Å²) in [6.07, 6.45) is 2.49. The molecule has 1 aromatic heterocycles. The summed E-state index contributed by atoms with van der Waals surface area (Å²) in [5.74, 6) is -1.85. The Labute approximate surface area is 242 Å². The van der Waals surface area contributed by atoms with Gasteiger partial charge in [-0.05, 0) is 60.0 Å². The molecule has 1 saturated heterocycles. The largest absolute Gasteiger partial charge is 0.497 e. The number of aromatic amines is 1. The van der Waals surface area contributed by atoms with Crippen molar-refractivity contribution in [3.05, 3.63) is 127 Å². The second-order valence-electron chi connectivity index (χ2n) is 9.84. The van der Waals surface area contributed by atoms with Crippen molar-refractivity contribution in [3.8, 4) is 5.75 Å². The van der Waals surface area contributed by atoms with Crippen molar-refractivity contribution in [1.82, 2.24) is 4.98 Å². The summed E-state index contributed by atoms with van der Waals surface area (Å²) in [7, 11) is 1.63. The van der Waals surface area contributed by atoms with Gasteiger partial charge in [0.2, 0.25) is 0 Å². The molecule has 6 rings (SSSR count). The van der Waals surface area contributed by atoms with Gasteiger partial charge in [0.05, 0.1) is 24.2 Å². The van der Waals surface area contributed by atoms with Crippen LogP contribution in [0.15, 0.2) is 120 Å². The Morgan fingerprint density at radius 1 is 0.786 bits per heavy atom. The number of fused-ring (bicyclic) bond motifs is 1. The quantitative estimate of drug-likeness (QED) is 0.187. The molecule has 0 atom stereocenters. The average molecular weight is 557 g/mol. The second-order valence-corrected chi connectivity index (χ2v) is 9.84. The van der Waals surface area contributed by atoms with Crippen LogP contribution in [0.4, 0.5) is 16.2 Å². The van der Waals surface area contributed by atoms with E-state index in [1.54, 1.807) is 67.8 Å². The Hall–Kier alpha value is -5.50. The first-order valence-corrected chi connectivity index (χ1v) is 13.6. The van der Waals surface area contributed by atoms with Crippen molar-refractivity contribution in [2.75, 3.05) is 23.5 Å². The number of urea groups is 1. The van der Waals surface area contributed by atoms with Crippen LogP contribution in [-0.2, 0) is 16.0 Å². The predicted octanol–water partition coefficient (Wildman–Crippen LogP) is 6.02. The molecule has 1 fully saturated rings. The minimum absolute atomic E-state index is 0.316. The van der Waals surface area contributed by atoms with Crippen molar-refractivity contribution in [2.45, 2.75) is 6.42 Å². The van der Waals surface area contributed by atoms with Gasteiger partial charge in [-0.25, -0.2) is 14.6 Å². The number of hydrogen-bond donors (Lipinski definition) is 1. The molecule has 208 valence electrons. The van der Waals surface area contributed by atoms with Crippen molar-refractivity contribution < 1.29 is 19.1 Å². The fraction of sp³-hybridized carbons (Fsp3) is 0.118. The summed E-state index contributed by atoms with van der Waals surface area (Å²) in [5, 5.41) is 1.02. The number of aliphatic imine (C=N–C) groups is 1. The normalized spacial score (nSPS) is 14.6. The molecular formula is C34H28N4O4. The zero-order valence-electron chi connectivity index (χ0n) is 22.9. The summed E-state index contributed by atoms with van der Waals surface area (Å²) in [4.78, 5) is 52.3. The summed E-state index contributed by atoms with van der Waals surface area (Å²) < 4.78 is 5.40. The highest BCUT2D eigenvalue weighted by atomic mass is 16.5. The first-order valence-electron chi connectivity index (χ1n) is 13.6. The third kappa shape index (κ3) is 4.94. The number of para-hydroxylation sites is 2. The molecule has 42 heavy (non-hydrogen) atoms. The van der Waals surface area contributed by atoms with E-state index >= 15 is 0 Å². The number of benzene rings is 4. The van der Waals surface area contributed by atoms with Crippen LogP contribution < -0.4 is 14.5 Å². The van der Waals surface area contributed by atoms with Crippen LogP contribution in [0, 0.1) is 5.92 Å². The van der Waals surface area contributed by atoms with Crippen LogP contribution in [-0.4, -0.2) is 42.2 Å². The molecule has 2 heterocycles. The topological polar surface area (TPSA) is 95.1 Å². The number of imide groups is 2. The summed E-state index contributed by atoms with van der Waals surface area (Å²) in [5.41, 5.74) is 3.73. The number of carbonyl (C=O) groups is 3.